The number of nitrogens with zero attached hydrogens (tertiary/aromatic N) is 6. The van der Waals surface area contributed by atoms with Crippen molar-refractivity contribution in [3.05, 3.63) is 95.6 Å². The molecule has 0 fully saturated rings. The predicted octanol–water partition coefficient (Wildman–Crippen LogP) is 6.77. The molecule has 0 spiro atoms. The monoisotopic (exact) mass is 506 g/mol. The van der Waals surface area contributed by atoms with Crippen molar-refractivity contribution in [3.8, 4) is 0 Å². The van der Waals surface area contributed by atoms with Gasteiger partial charge < -0.3 is 4.57 Å². The molecule has 6 rings (SSSR count). The van der Waals surface area contributed by atoms with E-state index in [1.54, 1.807) is 11.8 Å². The van der Waals surface area contributed by atoms with E-state index in [-0.39, 0.29) is 5.41 Å². The number of hydrogen-bond donors (Lipinski definition) is 0. The number of rotatable bonds is 6. The Morgan fingerprint density at radius 2 is 1.54 bits per heavy atom. The first-order valence-electron chi connectivity index (χ1n) is 12.7. The predicted molar refractivity (Wildman–Crippen MR) is 151 cm³/mol. The van der Waals surface area contributed by atoms with Gasteiger partial charge in [-0.05, 0) is 47.7 Å². The van der Waals surface area contributed by atoms with Crippen molar-refractivity contribution >= 4 is 39.3 Å². The molecule has 37 heavy (non-hydrogen) atoms. The zero-order chi connectivity index (χ0) is 25.6. The van der Waals surface area contributed by atoms with Crippen LogP contribution in [0.2, 0.25) is 0 Å². The normalized spacial score (nSPS) is 12.2. The summed E-state index contributed by atoms with van der Waals surface area (Å²) in [7, 11) is 0. The lowest BCUT2D eigenvalue weighted by atomic mass is 9.87. The van der Waals surface area contributed by atoms with Crippen molar-refractivity contribution in [3.63, 3.8) is 0 Å². The molecule has 0 radical (unpaired) electrons. The van der Waals surface area contributed by atoms with Crippen LogP contribution in [-0.4, -0.2) is 29.1 Å². The molecule has 0 aliphatic carbocycles. The highest BCUT2D eigenvalue weighted by atomic mass is 32.2. The van der Waals surface area contributed by atoms with Gasteiger partial charge in [-0.1, -0.05) is 81.1 Å². The standard InChI is InChI=1S/C30H30N6S/c1-20-31-25-11-7-8-12-26(25)35(20)18-17-27-33-28-23-9-5-6-10-24(23)32-29(36(28)34-27)37-19-21-13-15-22(16-14-21)30(2,3)4/h5-16H,17-19H2,1-4H3. The van der Waals surface area contributed by atoms with Crippen LogP contribution in [0.1, 0.15) is 43.5 Å². The van der Waals surface area contributed by atoms with Gasteiger partial charge in [0.15, 0.2) is 16.6 Å². The molecule has 6 nitrogen and oxygen atoms in total. The van der Waals surface area contributed by atoms with Crippen molar-refractivity contribution in [1.29, 1.82) is 0 Å². The van der Waals surface area contributed by atoms with Gasteiger partial charge in [-0.2, -0.15) is 4.52 Å². The first kappa shape index (κ1) is 23.7. The second kappa shape index (κ2) is 9.30. The zero-order valence-corrected chi connectivity index (χ0v) is 22.5. The maximum atomic E-state index is 4.97. The second-order valence-corrected chi connectivity index (χ2v) is 11.4. The summed E-state index contributed by atoms with van der Waals surface area (Å²) in [6, 6.07) is 25.3. The molecule has 0 amide bonds. The molecule has 3 heterocycles. The fraction of sp³-hybridized carbons (Fsp3) is 0.267. The highest BCUT2D eigenvalue weighted by Crippen LogP contribution is 2.28. The van der Waals surface area contributed by atoms with Crippen LogP contribution >= 0.6 is 11.8 Å². The van der Waals surface area contributed by atoms with Crippen LogP contribution < -0.4 is 0 Å². The Kier molecular flexibility index (Phi) is 5.95. The molecule has 0 atom stereocenters. The van der Waals surface area contributed by atoms with Crippen LogP contribution in [0.3, 0.4) is 0 Å². The fourth-order valence-corrected chi connectivity index (χ4v) is 5.61. The van der Waals surface area contributed by atoms with Gasteiger partial charge in [0.1, 0.15) is 5.82 Å². The van der Waals surface area contributed by atoms with E-state index in [1.807, 2.05) is 28.8 Å². The van der Waals surface area contributed by atoms with E-state index in [9.17, 15) is 0 Å². The summed E-state index contributed by atoms with van der Waals surface area (Å²) < 4.78 is 4.17. The largest absolute Gasteiger partial charge is 0.328 e. The molecule has 0 bridgehead atoms. The summed E-state index contributed by atoms with van der Waals surface area (Å²) >= 11 is 1.70. The Bertz CT molecular complexity index is 1720. The zero-order valence-electron chi connectivity index (χ0n) is 21.6. The van der Waals surface area contributed by atoms with E-state index >= 15 is 0 Å². The van der Waals surface area contributed by atoms with E-state index in [2.05, 4.69) is 80.8 Å². The molecule has 6 aromatic rings. The number of hydrogen-bond acceptors (Lipinski definition) is 5. The van der Waals surface area contributed by atoms with Gasteiger partial charge in [0.2, 0.25) is 0 Å². The number of para-hydroxylation sites is 3. The minimum Gasteiger partial charge on any atom is -0.328 e. The highest BCUT2D eigenvalue weighted by Gasteiger charge is 2.16. The Morgan fingerprint density at radius 1 is 0.811 bits per heavy atom. The van der Waals surface area contributed by atoms with Gasteiger partial charge in [-0.15, -0.1) is 5.10 Å². The fourth-order valence-electron chi connectivity index (χ4n) is 4.71. The summed E-state index contributed by atoms with van der Waals surface area (Å²) in [5.74, 6) is 2.64. The van der Waals surface area contributed by atoms with Crippen LogP contribution in [0.25, 0.3) is 27.6 Å². The van der Waals surface area contributed by atoms with Gasteiger partial charge in [0, 0.05) is 24.1 Å². The molecule has 0 aliphatic rings. The number of fused-ring (bicyclic) bond motifs is 4. The third-order valence-electron chi connectivity index (χ3n) is 6.79. The molecule has 0 unspecified atom stereocenters. The molecular weight excluding hydrogens is 476 g/mol. The Hall–Kier alpha value is -3.71. The second-order valence-electron chi connectivity index (χ2n) is 10.5. The van der Waals surface area contributed by atoms with Crippen molar-refractivity contribution in [2.24, 2.45) is 0 Å². The van der Waals surface area contributed by atoms with Crippen LogP contribution in [0, 0.1) is 6.92 Å². The molecule has 3 aromatic heterocycles. The third kappa shape index (κ3) is 4.60. The van der Waals surface area contributed by atoms with Gasteiger partial charge >= 0.3 is 0 Å². The Balaban J connectivity index is 1.30. The van der Waals surface area contributed by atoms with Gasteiger partial charge in [0.25, 0.3) is 0 Å². The first-order chi connectivity index (χ1) is 17.9. The minimum absolute atomic E-state index is 0.149. The Labute approximate surface area is 220 Å². The quantitative estimate of drug-likeness (QED) is 0.184. The van der Waals surface area contributed by atoms with Crippen LogP contribution in [-0.2, 0) is 24.1 Å². The van der Waals surface area contributed by atoms with Crippen LogP contribution in [0.5, 0.6) is 0 Å². The van der Waals surface area contributed by atoms with Crippen molar-refractivity contribution in [2.75, 3.05) is 0 Å². The molecule has 0 saturated heterocycles. The molecule has 0 N–H and O–H groups in total. The SMILES string of the molecule is Cc1nc2ccccc2n1CCc1nc2c3ccccc3nc(SCc3ccc(C(C)(C)C)cc3)n2n1. The third-order valence-corrected chi connectivity index (χ3v) is 7.79. The lowest BCUT2D eigenvalue weighted by molar-refractivity contribution is 0.590. The maximum Gasteiger partial charge on any atom is 0.191 e. The molecule has 0 aliphatic heterocycles. The van der Waals surface area contributed by atoms with E-state index in [0.29, 0.717) is 0 Å². The van der Waals surface area contributed by atoms with Crippen molar-refractivity contribution in [1.82, 2.24) is 29.1 Å². The minimum atomic E-state index is 0.149. The number of aromatic nitrogens is 6. The molecular formula is C30H30N6S. The van der Waals surface area contributed by atoms with E-state index in [4.69, 9.17) is 20.1 Å². The first-order valence-corrected chi connectivity index (χ1v) is 13.6. The molecule has 3 aromatic carbocycles. The smallest absolute Gasteiger partial charge is 0.191 e. The summed E-state index contributed by atoms with van der Waals surface area (Å²) in [6.07, 6.45) is 0.718. The van der Waals surface area contributed by atoms with Crippen LogP contribution in [0.15, 0.2) is 78.0 Å². The Morgan fingerprint density at radius 3 is 2.32 bits per heavy atom. The van der Waals surface area contributed by atoms with E-state index in [1.165, 1.54) is 11.1 Å². The summed E-state index contributed by atoms with van der Waals surface area (Å²) in [6.45, 7) is 9.55. The number of thioether (sulfide) groups is 1. The van der Waals surface area contributed by atoms with Crippen molar-refractivity contribution < 1.29 is 0 Å². The molecule has 7 heteroatoms. The summed E-state index contributed by atoms with van der Waals surface area (Å²) in [5.41, 5.74) is 6.72. The topological polar surface area (TPSA) is 60.9 Å². The van der Waals surface area contributed by atoms with Crippen molar-refractivity contribution in [2.45, 2.75) is 57.0 Å². The average molecular weight is 507 g/mol. The lowest BCUT2D eigenvalue weighted by Crippen LogP contribution is -2.10. The maximum absolute atomic E-state index is 4.97. The summed E-state index contributed by atoms with van der Waals surface area (Å²) in [4.78, 5) is 14.6. The van der Waals surface area contributed by atoms with Gasteiger partial charge in [-0.25, -0.2) is 15.0 Å². The van der Waals surface area contributed by atoms with E-state index in [0.717, 1.165) is 63.1 Å². The van der Waals surface area contributed by atoms with Gasteiger partial charge in [-0.3, -0.25) is 0 Å². The van der Waals surface area contributed by atoms with Gasteiger partial charge in [0.05, 0.1) is 16.6 Å². The summed E-state index contributed by atoms with van der Waals surface area (Å²) in [5, 5.41) is 6.80. The number of benzene rings is 3. The average Bonchev–Trinajstić information content (AvgIpc) is 3.46. The van der Waals surface area contributed by atoms with Crippen LogP contribution in [0.4, 0.5) is 0 Å². The molecule has 186 valence electrons. The number of aryl methyl sites for hydroxylation is 3. The molecule has 0 saturated carbocycles. The van der Waals surface area contributed by atoms with E-state index < -0.39 is 0 Å². The highest BCUT2D eigenvalue weighted by molar-refractivity contribution is 7.98. The number of imidazole rings is 1. The lowest BCUT2D eigenvalue weighted by Gasteiger charge is -2.19.